The summed E-state index contributed by atoms with van der Waals surface area (Å²) in [5.41, 5.74) is 3.04. The van der Waals surface area contributed by atoms with Gasteiger partial charge in [0, 0.05) is 37.0 Å². The first-order valence-corrected chi connectivity index (χ1v) is 6.57. The molecule has 20 heavy (non-hydrogen) atoms. The first-order chi connectivity index (χ1) is 9.56. The molecular weight excluding hydrogens is 278 g/mol. The van der Waals surface area contributed by atoms with Crippen molar-refractivity contribution in [2.75, 3.05) is 19.5 Å². The lowest BCUT2D eigenvalue weighted by atomic mass is 10.2. The van der Waals surface area contributed by atoms with Crippen molar-refractivity contribution in [2.24, 2.45) is 7.05 Å². The second-order valence-electron chi connectivity index (χ2n) is 4.42. The maximum Gasteiger partial charge on any atom is 0.162 e. The van der Waals surface area contributed by atoms with Gasteiger partial charge in [0.15, 0.2) is 11.5 Å². The average molecular weight is 296 g/mol. The van der Waals surface area contributed by atoms with Crippen molar-refractivity contribution in [1.29, 1.82) is 0 Å². The van der Waals surface area contributed by atoms with E-state index in [0.29, 0.717) is 23.1 Å². The maximum absolute atomic E-state index is 6.23. The van der Waals surface area contributed by atoms with Gasteiger partial charge in [0.25, 0.3) is 0 Å². The van der Waals surface area contributed by atoms with Gasteiger partial charge in [-0.25, -0.2) is 0 Å². The third kappa shape index (κ3) is 2.82. The molecule has 0 aliphatic rings. The Bertz CT molecular complexity index is 611. The highest BCUT2D eigenvalue weighted by Gasteiger charge is 2.10. The molecule has 0 saturated carbocycles. The number of aromatic nitrogens is 2. The maximum atomic E-state index is 6.23. The second-order valence-corrected chi connectivity index (χ2v) is 4.83. The van der Waals surface area contributed by atoms with Crippen LogP contribution in [0.3, 0.4) is 0 Å². The summed E-state index contributed by atoms with van der Waals surface area (Å²) in [6.07, 6.45) is 1.84. The number of aryl methyl sites for hydroxylation is 1. The number of halogens is 1. The lowest BCUT2D eigenvalue weighted by molar-refractivity contribution is 0.355. The molecule has 1 aromatic heterocycles. The van der Waals surface area contributed by atoms with Gasteiger partial charge >= 0.3 is 0 Å². The van der Waals surface area contributed by atoms with Crippen molar-refractivity contribution in [3.05, 3.63) is 34.6 Å². The van der Waals surface area contributed by atoms with Crippen molar-refractivity contribution in [3.63, 3.8) is 0 Å². The largest absolute Gasteiger partial charge is 0.493 e. The number of nitrogens with zero attached hydrogens (tertiary/aromatic N) is 2. The van der Waals surface area contributed by atoms with Gasteiger partial charge in [0.05, 0.1) is 31.1 Å². The zero-order chi connectivity index (χ0) is 14.7. The van der Waals surface area contributed by atoms with E-state index in [9.17, 15) is 0 Å². The standard InChI is InChI=1S/C14H18ClN3O2/c1-9-10(8-17-18(9)2)7-16-12-6-14(20-4)13(19-3)5-11(12)15/h5-6,8,16H,7H2,1-4H3. The lowest BCUT2D eigenvalue weighted by Gasteiger charge is -2.13. The third-order valence-electron chi connectivity index (χ3n) is 3.28. The Labute approximate surface area is 123 Å². The number of benzene rings is 1. The number of hydrogen-bond acceptors (Lipinski definition) is 4. The Morgan fingerprint density at radius 2 is 1.90 bits per heavy atom. The fourth-order valence-electron chi connectivity index (χ4n) is 1.90. The van der Waals surface area contributed by atoms with E-state index < -0.39 is 0 Å². The van der Waals surface area contributed by atoms with Crippen LogP contribution in [0.2, 0.25) is 5.02 Å². The van der Waals surface area contributed by atoms with E-state index in [1.165, 1.54) is 0 Å². The molecule has 5 nitrogen and oxygen atoms in total. The number of nitrogens with one attached hydrogen (secondary N) is 1. The van der Waals surface area contributed by atoms with Crippen molar-refractivity contribution in [1.82, 2.24) is 9.78 Å². The van der Waals surface area contributed by atoms with Gasteiger partial charge in [-0.3, -0.25) is 4.68 Å². The molecule has 0 aliphatic carbocycles. The van der Waals surface area contributed by atoms with Crippen LogP contribution in [0, 0.1) is 6.92 Å². The first-order valence-electron chi connectivity index (χ1n) is 6.19. The molecule has 0 atom stereocenters. The molecule has 0 aliphatic heterocycles. The molecule has 0 saturated heterocycles. The SMILES string of the molecule is COc1cc(Cl)c(NCc2cnn(C)c2C)cc1OC. The molecule has 0 spiro atoms. The number of hydrogen-bond donors (Lipinski definition) is 1. The van der Waals surface area contributed by atoms with Crippen LogP contribution in [0.25, 0.3) is 0 Å². The highest BCUT2D eigenvalue weighted by Crippen LogP contribution is 2.36. The van der Waals surface area contributed by atoms with E-state index in [4.69, 9.17) is 21.1 Å². The molecular formula is C14H18ClN3O2. The Morgan fingerprint density at radius 1 is 1.25 bits per heavy atom. The van der Waals surface area contributed by atoms with Crippen LogP contribution in [0.15, 0.2) is 18.3 Å². The van der Waals surface area contributed by atoms with Gasteiger partial charge < -0.3 is 14.8 Å². The Hall–Kier alpha value is -1.88. The van der Waals surface area contributed by atoms with Gasteiger partial charge in [-0.2, -0.15) is 5.10 Å². The molecule has 2 rings (SSSR count). The van der Waals surface area contributed by atoms with E-state index in [-0.39, 0.29) is 0 Å². The van der Waals surface area contributed by atoms with Crippen molar-refractivity contribution in [2.45, 2.75) is 13.5 Å². The summed E-state index contributed by atoms with van der Waals surface area (Å²) in [6, 6.07) is 3.56. The normalized spacial score (nSPS) is 10.4. The van der Waals surface area contributed by atoms with E-state index in [1.807, 2.05) is 30.9 Å². The number of methoxy groups -OCH3 is 2. The van der Waals surface area contributed by atoms with Gasteiger partial charge in [0.1, 0.15) is 0 Å². The first kappa shape index (κ1) is 14.5. The van der Waals surface area contributed by atoms with Crippen LogP contribution in [-0.4, -0.2) is 24.0 Å². The Balaban J connectivity index is 2.19. The quantitative estimate of drug-likeness (QED) is 0.921. The van der Waals surface area contributed by atoms with Crippen LogP contribution in [0.1, 0.15) is 11.3 Å². The van der Waals surface area contributed by atoms with Crippen LogP contribution in [0.5, 0.6) is 11.5 Å². The van der Waals surface area contributed by atoms with Gasteiger partial charge in [-0.1, -0.05) is 11.6 Å². The third-order valence-corrected chi connectivity index (χ3v) is 3.59. The van der Waals surface area contributed by atoms with Gasteiger partial charge in [0.2, 0.25) is 0 Å². The van der Waals surface area contributed by atoms with E-state index >= 15 is 0 Å². The summed E-state index contributed by atoms with van der Waals surface area (Å²) in [6.45, 7) is 2.68. The molecule has 1 heterocycles. The summed E-state index contributed by atoms with van der Waals surface area (Å²) in [5.74, 6) is 1.25. The van der Waals surface area contributed by atoms with Crippen LogP contribution >= 0.6 is 11.6 Å². The molecule has 2 aromatic rings. The molecule has 6 heteroatoms. The smallest absolute Gasteiger partial charge is 0.162 e. The summed E-state index contributed by atoms with van der Waals surface area (Å²) < 4.78 is 12.3. The molecule has 0 amide bonds. The Morgan fingerprint density at radius 3 is 2.45 bits per heavy atom. The summed E-state index contributed by atoms with van der Waals surface area (Å²) in [7, 11) is 5.10. The predicted octanol–water partition coefficient (Wildman–Crippen LogP) is 3.01. The fourth-order valence-corrected chi connectivity index (χ4v) is 2.12. The summed E-state index contributed by atoms with van der Waals surface area (Å²) >= 11 is 6.23. The number of ether oxygens (including phenoxy) is 2. The average Bonchev–Trinajstić information content (AvgIpc) is 2.77. The molecule has 108 valence electrons. The monoisotopic (exact) mass is 295 g/mol. The van der Waals surface area contributed by atoms with Crippen LogP contribution in [-0.2, 0) is 13.6 Å². The minimum absolute atomic E-state index is 0.587. The van der Waals surface area contributed by atoms with Crippen molar-refractivity contribution in [3.8, 4) is 11.5 Å². The minimum atomic E-state index is 0.587. The minimum Gasteiger partial charge on any atom is -0.493 e. The van der Waals surface area contributed by atoms with Crippen molar-refractivity contribution < 1.29 is 9.47 Å². The second kappa shape index (κ2) is 6.05. The molecule has 0 radical (unpaired) electrons. The van der Waals surface area contributed by atoms with Gasteiger partial charge in [-0.05, 0) is 6.92 Å². The van der Waals surface area contributed by atoms with Crippen LogP contribution < -0.4 is 14.8 Å². The topological polar surface area (TPSA) is 48.3 Å². The van der Waals surface area contributed by atoms with E-state index in [1.54, 1.807) is 20.3 Å². The highest BCUT2D eigenvalue weighted by atomic mass is 35.5. The predicted molar refractivity (Wildman–Crippen MR) is 79.8 cm³/mol. The van der Waals surface area contributed by atoms with Gasteiger partial charge in [-0.15, -0.1) is 0 Å². The Kier molecular flexibility index (Phi) is 4.39. The lowest BCUT2D eigenvalue weighted by Crippen LogP contribution is -2.02. The number of rotatable bonds is 5. The van der Waals surface area contributed by atoms with Crippen LogP contribution in [0.4, 0.5) is 5.69 Å². The summed E-state index contributed by atoms with van der Waals surface area (Å²) in [4.78, 5) is 0. The molecule has 1 aromatic carbocycles. The van der Waals surface area contributed by atoms with Crippen molar-refractivity contribution >= 4 is 17.3 Å². The fraction of sp³-hybridized carbons (Fsp3) is 0.357. The zero-order valence-corrected chi connectivity index (χ0v) is 12.8. The van der Waals surface area contributed by atoms with E-state index in [2.05, 4.69) is 10.4 Å². The molecule has 0 unspecified atom stereocenters. The molecule has 0 bridgehead atoms. The highest BCUT2D eigenvalue weighted by molar-refractivity contribution is 6.33. The molecule has 0 fully saturated rings. The van der Waals surface area contributed by atoms with E-state index in [0.717, 1.165) is 16.9 Å². The zero-order valence-electron chi connectivity index (χ0n) is 12.0. The molecule has 1 N–H and O–H groups in total. The summed E-state index contributed by atoms with van der Waals surface area (Å²) in [5, 5.41) is 8.09. The number of anilines is 1.